The summed E-state index contributed by atoms with van der Waals surface area (Å²) in [7, 11) is 0. The van der Waals surface area contributed by atoms with Gasteiger partial charge in [0.25, 0.3) is 0 Å². The molecule has 0 rings (SSSR count). The summed E-state index contributed by atoms with van der Waals surface area (Å²) in [6.45, 7) is -0.937. The van der Waals surface area contributed by atoms with Crippen molar-refractivity contribution in [3.63, 3.8) is 0 Å². The standard InChI is InChI=1S/C11H19N5O6S/c12-5(4-23)10(20)15-2-8(18)14-3-9(19)16-6(11(21)22)1-7(13)17/h5-6,23H,1-4,12H2,(H2,13,17)(H,14,18)(H,15,20)(H,16,19)(H,21,22). The molecule has 0 bridgehead atoms. The molecule has 2 unspecified atom stereocenters. The summed E-state index contributed by atoms with van der Waals surface area (Å²) < 4.78 is 0. The molecule has 0 heterocycles. The van der Waals surface area contributed by atoms with Gasteiger partial charge in [-0.3, -0.25) is 19.2 Å². The second kappa shape index (κ2) is 10.4. The zero-order chi connectivity index (χ0) is 18.0. The molecule has 0 saturated heterocycles. The number of carboxylic acids is 1. The molecule has 12 heteroatoms. The van der Waals surface area contributed by atoms with Gasteiger partial charge in [-0.1, -0.05) is 0 Å². The van der Waals surface area contributed by atoms with Crippen molar-refractivity contribution in [3.8, 4) is 0 Å². The number of primary amides is 1. The Kier molecular flexibility index (Phi) is 9.34. The van der Waals surface area contributed by atoms with Crippen molar-refractivity contribution < 1.29 is 29.1 Å². The van der Waals surface area contributed by atoms with Crippen LogP contribution in [-0.4, -0.2) is 65.6 Å². The Morgan fingerprint density at radius 1 is 1.04 bits per heavy atom. The summed E-state index contributed by atoms with van der Waals surface area (Å²) >= 11 is 3.82. The number of carbonyl (C=O) groups is 5. The lowest BCUT2D eigenvalue weighted by Crippen LogP contribution is -2.49. The Morgan fingerprint density at radius 3 is 2.09 bits per heavy atom. The van der Waals surface area contributed by atoms with Gasteiger partial charge in [0.2, 0.25) is 23.6 Å². The second-order valence-electron chi connectivity index (χ2n) is 4.41. The molecule has 130 valence electrons. The highest BCUT2D eigenvalue weighted by Crippen LogP contribution is 1.91. The molecule has 0 spiro atoms. The quantitative estimate of drug-likeness (QED) is 0.195. The van der Waals surface area contributed by atoms with Crippen LogP contribution in [0.3, 0.4) is 0 Å². The molecule has 8 N–H and O–H groups in total. The molecular formula is C11H19N5O6S. The number of aliphatic carboxylic acids is 1. The van der Waals surface area contributed by atoms with Crippen molar-refractivity contribution in [3.05, 3.63) is 0 Å². The van der Waals surface area contributed by atoms with E-state index in [4.69, 9.17) is 16.6 Å². The Balaban J connectivity index is 4.17. The minimum atomic E-state index is -1.48. The normalized spacial score (nSPS) is 12.6. The maximum absolute atomic E-state index is 11.5. The minimum Gasteiger partial charge on any atom is -0.480 e. The monoisotopic (exact) mass is 349 g/mol. The maximum Gasteiger partial charge on any atom is 0.326 e. The van der Waals surface area contributed by atoms with Gasteiger partial charge in [-0.05, 0) is 0 Å². The number of nitrogens with one attached hydrogen (secondary N) is 3. The van der Waals surface area contributed by atoms with Crippen LogP contribution in [0.25, 0.3) is 0 Å². The molecule has 0 aliphatic heterocycles. The van der Waals surface area contributed by atoms with E-state index in [0.717, 1.165) is 0 Å². The van der Waals surface area contributed by atoms with Crippen molar-refractivity contribution in [1.82, 2.24) is 16.0 Å². The van der Waals surface area contributed by atoms with E-state index in [-0.39, 0.29) is 5.75 Å². The fourth-order valence-corrected chi connectivity index (χ4v) is 1.44. The summed E-state index contributed by atoms with van der Waals surface area (Å²) in [5.41, 5.74) is 10.2. The molecule has 0 radical (unpaired) electrons. The van der Waals surface area contributed by atoms with E-state index in [1.54, 1.807) is 0 Å². The number of hydrogen-bond donors (Lipinski definition) is 7. The zero-order valence-corrected chi connectivity index (χ0v) is 13.0. The predicted molar refractivity (Wildman–Crippen MR) is 81.2 cm³/mol. The lowest BCUT2D eigenvalue weighted by Gasteiger charge is -2.13. The number of carbonyl (C=O) groups excluding carboxylic acids is 4. The largest absolute Gasteiger partial charge is 0.480 e. The number of carboxylic acid groups (broad SMARTS) is 1. The average Bonchev–Trinajstić information content (AvgIpc) is 2.48. The summed E-state index contributed by atoms with van der Waals surface area (Å²) in [6.07, 6.45) is -0.577. The highest BCUT2D eigenvalue weighted by molar-refractivity contribution is 7.80. The molecule has 0 aromatic rings. The molecule has 4 amide bonds. The van der Waals surface area contributed by atoms with Crippen LogP contribution >= 0.6 is 12.6 Å². The summed E-state index contributed by atoms with van der Waals surface area (Å²) in [5, 5.41) is 15.2. The van der Waals surface area contributed by atoms with Crippen molar-refractivity contribution >= 4 is 42.2 Å². The van der Waals surface area contributed by atoms with Gasteiger partial charge in [-0.25, -0.2) is 4.79 Å². The molecular weight excluding hydrogens is 330 g/mol. The average molecular weight is 349 g/mol. The van der Waals surface area contributed by atoms with Crippen molar-refractivity contribution in [2.24, 2.45) is 11.5 Å². The Hall–Kier alpha value is -2.34. The van der Waals surface area contributed by atoms with Crippen LogP contribution < -0.4 is 27.4 Å². The number of thiol groups is 1. The van der Waals surface area contributed by atoms with Gasteiger partial charge in [-0.15, -0.1) is 0 Å². The number of hydrogen-bond acceptors (Lipinski definition) is 7. The Bertz CT molecular complexity index is 486. The van der Waals surface area contributed by atoms with Crippen LogP contribution in [0.2, 0.25) is 0 Å². The summed E-state index contributed by atoms with van der Waals surface area (Å²) in [5.74, 6) is -4.31. The lowest BCUT2D eigenvalue weighted by molar-refractivity contribution is -0.143. The van der Waals surface area contributed by atoms with E-state index < -0.39 is 61.2 Å². The van der Waals surface area contributed by atoms with Gasteiger partial charge < -0.3 is 32.5 Å². The third kappa shape index (κ3) is 9.31. The highest BCUT2D eigenvalue weighted by atomic mass is 32.1. The fourth-order valence-electron chi connectivity index (χ4n) is 1.27. The lowest BCUT2D eigenvalue weighted by atomic mass is 10.2. The van der Waals surface area contributed by atoms with E-state index in [2.05, 4.69) is 23.3 Å². The molecule has 0 aliphatic rings. The fraction of sp³-hybridized carbons (Fsp3) is 0.545. The van der Waals surface area contributed by atoms with Gasteiger partial charge in [0, 0.05) is 5.75 Å². The van der Waals surface area contributed by atoms with Gasteiger partial charge >= 0.3 is 5.97 Å². The highest BCUT2D eigenvalue weighted by Gasteiger charge is 2.22. The van der Waals surface area contributed by atoms with Crippen molar-refractivity contribution in [1.29, 1.82) is 0 Å². The Morgan fingerprint density at radius 2 is 1.61 bits per heavy atom. The molecule has 0 aliphatic carbocycles. The number of nitrogens with two attached hydrogens (primary N) is 2. The van der Waals surface area contributed by atoms with Crippen LogP contribution in [0.1, 0.15) is 6.42 Å². The predicted octanol–water partition coefficient (Wildman–Crippen LogP) is -4.08. The van der Waals surface area contributed by atoms with Gasteiger partial charge in [0.1, 0.15) is 6.04 Å². The van der Waals surface area contributed by atoms with E-state index in [1.807, 2.05) is 5.32 Å². The molecule has 11 nitrogen and oxygen atoms in total. The summed E-state index contributed by atoms with van der Waals surface area (Å²) in [6, 6.07) is -2.34. The molecule has 23 heavy (non-hydrogen) atoms. The molecule has 0 aromatic carbocycles. The van der Waals surface area contributed by atoms with E-state index in [9.17, 15) is 24.0 Å². The van der Waals surface area contributed by atoms with Gasteiger partial charge in [-0.2, -0.15) is 12.6 Å². The van der Waals surface area contributed by atoms with Crippen LogP contribution in [0.15, 0.2) is 0 Å². The smallest absolute Gasteiger partial charge is 0.326 e. The van der Waals surface area contributed by atoms with Gasteiger partial charge in [0.15, 0.2) is 0 Å². The summed E-state index contributed by atoms with van der Waals surface area (Å²) in [4.78, 5) is 55.6. The molecule has 0 fully saturated rings. The third-order valence-electron chi connectivity index (χ3n) is 2.44. The first-order chi connectivity index (χ1) is 10.7. The van der Waals surface area contributed by atoms with E-state index in [1.165, 1.54) is 0 Å². The third-order valence-corrected chi connectivity index (χ3v) is 2.83. The maximum atomic E-state index is 11.5. The topological polar surface area (TPSA) is 194 Å². The first-order valence-electron chi connectivity index (χ1n) is 6.38. The first-order valence-corrected chi connectivity index (χ1v) is 7.02. The van der Waals surface area contributed by atoms with Crippen molar-refractivity contribution in [2.45, 2.75) is 18.5 Å². The Labute approximate surface area is 136 Å². The second-order valence-corrected chi connectivity index (χ2v) is 4.78. The zero-order valence-electron chi connectivity index (χ0n) is 12.1. The number of amides is 4. The molecule has 0 saturated carbocycles. The van der Waals surface area contributed by atoms with Gasteiger partial charge in [0.05, 0.1) is 25.6 Å². The van der Waals surface area contributed by atoms with Crippen LogP contribution in [0.5, 0.6) is 0 Å². The van der Waals surface area contributed by atoms with Crippen molar-refractivity contribution in [2.75, 3.05) is 18.8 Å². The molecule has 0 aromatic heterocycles. The minimum absolute atomic E-state index is 0.103. The van der Waals surface area contributed by atoms with E-state index >= 15 is 0 Å². The van der Waals surface area contributed by atoms with Crippen LogP contribution in [-0.2, 0) is 24.0 Å². The van der Waals surface area contributed by atoms with E-state index in [0.29, 0.717) is 0 Å². The van der Waals surface area contributed by atoms with Crippen LogP contribution in [0.4, 0.5) is 0 Å². The SMILES string of the molecule is NC(=O)CC(NC(=O)CNC(=O)CNC(=O)C(N)CS)C(=O)O. The number of rotatable bonds is 10. The first kappa shape index (κ1) is 20.7. The van der Waals surface area contributed by atoms with Crippen LogP contribution in [0, 0.1) is 0 Å². The molecule has 2 atom stereocenters.